The summed E-state index contributed by atoms with van der Waals surface area (Å²) < 4.78 is 16.2. The lowest BCUT2D eigenvalue weighted by Crippen LogP contribution is -2.18. The summed E-state index contributed by atoms with van der Waals surface area (Å²) in [5.41, 5.74) is 1.71. The Morgan fingerprint density at radius 1 is 1.12 bits per heavy atom. The quantitative estimate of drug-likeness (QED) is 0.876. The Kier molecular flexibility index (Phi) is 4.73. The van der Waals surface area contributed by atoms with Crippen LogP contribution in [0.3, 0.4) is 0 Å². The standard InChI is InChI=1S/C17H15Cl2NO4/c1-9-5-13(14(22-2)8-11(9)18)20-17(21)10-6-12(19)16-15(7-10)23-3-4-24-16/h5-8H,3-4H2,1-2H3,(H,20,21). The number of carbonyl (C=O) groups is 1. The predicted octanol–water partition coefficient (Wildman–Crippen LogP) is 4.33. The van der Waals surface area contributed by atoms with E-state index >= 15 is 0 Å². The zero-order valence-electron chi connectivity index (χ0n) is 13.1. The summed E-state index contributed by atoms with van der Waals surface area (Å²) in [6, 6.07) is 6.55. The molecule has 0 bridgehead atoms. The first-order chi connectivity index (χ1) is 11.5. The lowest BCUT2D eigenvalue weighted by atomic mass is 10.1. The van der Waals surface area contributed by atoms with E-state index in [0.717, 1.165) is 5.56 Å². The molecule has 1 N–H and O–H groups in total. The molecule has 1 amide bonds. The fourth-order valence-electron chi connectivity index (χ4n) is 2.37. The van der Waals surface area contributed by atoms with Gasteiger partial charge in [-0.1, -0.05) is 23.2 Å². The second-order valence-corrected chi connectivity index (χ2v) is 6.05. The lowest BCUT2D eigenvalue weighted by Gasteiger charge is -2.20. The summed E-state index contributed by atoms with van der Waals surface area (Å²) in [6.45, 7) is 2.69. The molecule has 0 atom stereocenters. The average molecular weight is 368 g/mol. The number of ether oxygens (including phenoxy) is 3. The van der Waals surface area contributed by atoms with E-state index in [1.165, 1.54) is 7.11 Å². The zero-order chi connectivity index (χ0) is 17.3. The summed E-state index contributed by atoms with van der Waals surface area (Å²) in [6.07, 6.45) is 0. The van der Waals surface area contributed by atoms with Gasteiger partial charge in [0.2, 0.25) is 0 Å². The van der Waals surface area contributed by atoms with Crippen molar-refractivity contribution < 1.29 is 19.0 Å². The topological polar surface area (TPSA) is 56.8 Å². The van der Waals surface area contributed by atoms with E-state index in [-0.39, 0.29) is 5.91 Å². The van der Waals surface area contributed by atoms with Crippen LogP contribution in [0.5, 0.6) is 17.2 Å². The first-order valence-electron chi connectivity index (χ1n) is 7.24. The number of aryl methyl sites for hydroxylation is 1. The normalized spacial score (nSPS) is 12.7. The van der Waals surface area contributed by atoms with Crippen LogP contribution in [0, 0.1) is 6.92 Å². The van der Waals surface area contributed by atoms with Crippen molar-refractivity contribution in [1.29, 1.82) is 0 Å². The van der Waals surface area contributed by atoms with Gasteiger partial charge in [0.1, 0.15) is 19.0 Å². The number of amides is 1. The molecular weight excluding hydrogens is 353 g/mol. The van der Waals surface area contributed by atoms with E-state index in [0.29, 0.717) is 51.8 Å². The van der Waals surface area contributed by atoms with Crippen molar-refractivity contribution in [1.82, 2.24) is 0 Å². The number of rotatable bonds is 3. The van der Waals surface area contributed by atoms with Gasteiger partial charge in [0, 0.05) is 16.7 Å². The zero-order valence-corrected chi connectivity index (χ0v) is 14.6. The van der Waals surface area contributed by atoms with Crippen LogP contribution >= 0.6 is 23.2 Å². The van der Waals surface area contributed by atoms with Crippen molar-refractivity contribution in [3.63, 3.8) is 0 Å². The number of benzene rings is 2. The Morgan fingerprint density at radius 2 is 1.88 bits per heavy atom. The van der Waals surface area contributed by atoms with Gasteiger partial charge in [0.15, 0.2) is 11.5 Å². The van der Waals surface area contributed by atoms with E-state index in [4.69, 9.17) is 37.4 Å². The fraction of sp³-hybridized carbons (Fsp3) is 0.235. The number of halogens is 2. The molecule has 0 radical (unpaired) electrons. The molecule has 0 unspecified atom stereocenters. The molecule has 0 aliphatic carbocycles. The number of methoxy groups -OCH3 is 1. The minimum Gasteiger partial charge on any atom is -0.495 e. The third-order valence-corrected chi connectivity index (χ3v) is 4.28. The second kappa shape index (κ2) is 6.79. The molecule has 0 fully saturated rings. The van der Waals surface area contributed by atoms with Gasteiger partial charge in [-0.25, -0.2) is 0 Å². The number of hydrogen-bond donors (Lipinski definition) is 1. The van der Waals surface area contributed by atoms with E-state index in [1.54, 1.807) is 24.3 Å². The van der Waals surface area contributed by atoms with Crippen molar-refractivity contribution in [2.45, 2.75) is 6.92 Å². The van der Waals surface area contributed by atoms with Crippen LogP contribution in [-0.4, -0.2) is 26.2 Å². The Balaban J connectivity index is 1.91. The lowest BCUT2D eigenvalue weighted by molar-refractivity contribution is 0.102. The number of nitrogens with one attached hydrogen (secondary N) is 1. The summed E-state index contributed by atoms with van der Waals surface area (Å²) in [5, 5.41) is 3.69. The predicted molar refractivity (Wildman–Crippen MR) is 93.1 cm³/mol. The van der Waals surface area contributed by atoms with E-state index < -0.39 is 0 Å². The van der Waals surface area contributed by atoms with Crippen LogP contribution in [0.4, 0.5) is 5.69 Å². The van der Waals surface area contributed by atoms with Gasteiger partial charge in [-0.3, -0.25) is 4.79 Å². The van der Waals surface area contributed by atoms with Crippen molar-refractivity contribution in [2.75, 3.05) is 25.6 Å². The van der Waals surface area contributed by atoms with Crippen molar-refractivity contribution in [3.05, 3.63) is 45.4 Å². The molecule has 1 aliphatic rings. The highest BCUT2D eigenvalue weighted by Gasteiger charge is 2.20. The fourth-order valence-corrected chi connectivity index (χ4v) is 2.79. The van der Waals surface area contributed by atoms with Gasteiger partial charge in [-0.15, -0.1) is 0 Å². The molecule has 2 aromatic rings. The van der Waals surface area contributed by atoms with Gasteiger partial charge in [0.25, 0.3) is 5.91 Å². The molecule has 3 rings (SSSR count). The SMILES string of the molecule is COc1cc(Cl)c(C)cc1NC(=O)c1cc(Cl)c2c(c1)OCCO2. The first kappa shape index (κ1) is 16.7. The molecular formula is C17H15Cl2NO4. The molecule has 5 nitrogen and oxygen atoms in total. The molecule has 0 saturated heterocycles. The van der Waals surface area contributed by atoms with Crippen LogP contribution in [0.1, 0.15) is 15.9 Å². The maximum absolute atomic E-state index is 12.6. The van der Waals surface area contributed by atoms with E-state index in [2.05, 4.69) is 5.32 Å². The Labute approximate surface area is 149 Å². The van der Waals surface area contributed by atoms with Crippen LogP contribution in [0.15, 0.2) is 24.3 Å². The third-order valence-electron chi connectivity index (χ3n) is 3.59. The molecule has 0 spiro atoms. The molecule has 1 aliphatic heterocycles. The number of hydrogen-bond acceptors (Lipinski definition) is 4. The van der Waals surface area contributed by atoms with Gasteiger partial charge in [-0.05, 0) is 30.7 Å². The third kappa shape index (κ3) is 3.23. The van der Waals surface area contributed by atoms with Gasteiger partial charge < -0.3 is 19.5 Å². The van der Waals surface area contributed by atoms with Gasteiger partial charge in [-0.2, -0.15) is 0 Å². The summed E-state index contributed by atoms with van der Waals surface area (Å²) >= 11 is 12.2. The monoisotopic (exact) mass is 367 g/mol. The van der Waals surface area contributed by atoms with Crippen LogP contribution in [0.25, 0.3) is 0 Å². The maximum atomic E-state index is 12.6. The van der Waals surface area contributed by atoms with Crippen LogP contribution in [0.2, 0.25) is 10.0 Å². The van der Waals surface area contributed by atoms with E-state index in [1.807, 2.05) is 6.92 Å². The molecule has 7 heteroatoms. The largest absolute Gasteiger partial charge is 0.495 e. The summed E-state index contributed by atoms with van der Waals surface area (Å²) in [4.78, 5) is 12.6. The molecule has 1 heterocycles. The minimum absolute atomic E-state index is 0.330. The van der Waals surface area contributed by atoms with Gasteiger partial charge >= 0.3 is 0 Å². The van der Waals surface area contributed by atoms with Crippen LogP contribution < -0.4 is 19.5 Å². The van der Waals surface area contributed by atoms with Crippen molar-refractivity contribution in [3.8, 4) is 17.2 Å². The number of fused-ring (bicyclic) bond motifs is 1. The number of anilines is 1. The highest BCUT2D eigenvalue weighted by Crippen LogP contribution is 2.39. The highest BCUT2D eigenvalue weighted by atomic mass is 35.5. The Hall–Kier alpha value is -2.11. The van der Waals surface area contributed by atoms with Crippen molar-refractivity contribution >= 4 is 34.8 Å². The molecule has 0 saturated carbocycles. The van der Waals surface area contributed by atoms with Gasteiger partial charge in [0.05, 0.1) is 17.8 Å². The molecule has 0 aromatic heterocycles. The molecule has 24 heavy (non-hydrogen) atoms. The molecule has 126 valence electrons. The molecule has 2 aromatic carbocycles. The summed E-state index contributed by atoms with van der Waals surface area (Å²) in [7, 11) is 1.51. The first-order valence-corrected chi connectivity index (χ1v) is 8.00. The highest BCUT2D eigenvalue weighted by molar-refractivity contribution is 6.33. The van der Waals surface area contributed by atoms with Crippen molar-refractivity contribution in [2.24, 2.45) is 0 Å². The summed E-state index contributed by atoms with van der Waals surface area (Å²) in [5.74, 6) is 1.05. The average Bonchev–Trinajstić information content (AvgIpc) is 2.57. The Bertz CT molecular complexity index is 808. The van der Waals surface area contributed by atoms with Crippen LogP contribution in [-0.2, 0) is 0 Å². The smallest absolute Gasteiger partial charge is 0.255 e. The Morgan fingerprint density at radius 3 is 2.62 bits per heavy atom. The van der Waals surface area contributed by atoms with E-state index in [9.17, 15) is 4.79 Å². The second-order valence-electron chi connectivity index (χ2n) is 5.24. The minimum atomic E-state index is -0.339. The maximum Gasteiger partial charge on any atom is 0.255 e. The number of carbonyl (C=O) groups excluding carboxylic acids is 1.